The van der Waals surface area contributed by atoms with Crippen molar-refractivity contribution in [1.82, 2.24) is 9.97 Å². The number of nitrogens with zero attached hydrogens (tertiary/aromatic N) is 1. The molecule has 0 aliphatic carbocycles. The Morgan fingerprint density at radius 3 is 2.64 bits per heavy atom. The number of aryl methyl sites for hydroxylation is 1. The minimum atomic E-state index is -0.383. The summed E-state index contributed by atoms with van der Waals surface area (Å²) < 4.78 is 4.78. The van der Waals surface area contributed by atoms with E-state index in [1.807, 2.05) is 30.4 Å². The van der Waals surface area contributed by atoms with E-state index in [9.17, 15) is 4.79 Å². The lowest BCUT2D eigenvalue weighted by molar-refractivity contribution is 0.0603. The van der Waals surface area contributed by atoms with Crippen molar-refractivity contribution in [3.8, 4) is 0 Å². The van der Waals surface area contributed by atoms with Crippen molar-refractivity contribution in [2.24, 2.45) is 0 Å². The molecule has 1 N–H and O–H groups in total. The van der Waals surface area contributed by atoms with E-state index in [0.717, 1.165) is 11.1 Å². The van der Waals surface area contributed by atoms with Gasteiger partial charge in [0.2, 0.25) is 0 Å². The van der Waals surface area contributed by atoms with Crippen LogP contribution in [0.2, 0.25) is 0 Å². The highest BCUT2D eigenvalue weighted by Gasteiger charge is 2.12. The first kappa shape index (κ1) is 14.1. The Bertz CT molecular complexity index is 845. The lowest BCUT2D eigenvalue weighted by Gasteiger charge is -1.98. The number of aromatic amines is 1. The molecule has 1 heterocycles. The highest BCUT2D eigenvalue weighted by atomic mass is 16.5. The third-order valence-corrected chi connectivity index (χ3v) is 3.45. The molecule has 0 amide bonds. The smallest absolute Gasteiger partial charge is 0.340 e. The van der Waals surface area contributed by atoms with E-state index in [1.165, 1.54) is 12.7 Å². The largest absolute Gasteiger partial charge is 0.465 e. The van der Waals surface area contributed by atoms with Gasteiger partial charge in [-0.15, -0.1) is 0 Å². The second-order valence-corrected chi connectivity index (χ2v) is 5.06. The molecular weight excluding hydrogens is 276 g/mol. The molecule has 0 atom stereocenters. The van der Waals surface area contributed by atoms with Crippen LogP contribution in [0.15, 0.2) is 42.5 Å². The van der Waals surface area contributed by atoms with Crippen molar-refractivity contribution in [1.29, 1.82) is 0 Å². The third-order valence-electron chi connectivity index (χ3n) is 3.45. The van der Waals surface area contributed by atoms with Crippen LogP contribution in [0.3, 0.4) is 0 Å². The summed E-state index contributed by atoms with van der Waals surface area (Å²) in [7, 11) is 1.37. The van der Waals surface area contributed by atoms with Gasteiger partial charge in [-0.1, -0.05) is 42.0 Å². The number of carbonyl (C=O) groups is 1. The first-order valence-corrected chi connectivity index (χ1v) is 6.99. The summed E-state index contributed by atoms with van der Waals surface area (Å²) in [6, 6.07) is 13.6. The van der Waals surface area contributed by atoms with Gasteiger partial charge in [0, 0.05) is 0 Å². The van der Waals surface area contributed by atoms with Crippen LogP contribution in [0.5, 0.6) is 0 Å². The van der Waals surface area contributed by atoms with Crippen molar-refractivity contribution < 1.29 is 9.53 Å². The first-order valence-electron chi connectivity index (χ1n) is 6.99. The van der Waals surface area contributed by atoms with Crippen LogP contribution in [-0.2, 0) is 4.74 Å². The Morgan fingerprint density at radius 1 is 1.14 bits per heavy atom. The molecule has 2 aromatic carbocycles. The molecule has 22 heavy (non-hydrogen) atoms. The molecule has 110 valence electrons. The van der Waals surface area contributed by atoms with Crippen molar-refractivity contribution in [3.05, 3.63) is 65.0 Å². The minimum Gasteiger partial charge on any atom is -0.465 e. The maximum absolute atomic E-state index is 11.8. The number of H-pyrrole nitrogens is 1. The number of ether oxygens (including phenoxy) is 1. The maximum atomic E-state index is 11.8. The van der Waals surface area contributed by atoms with Crippen LogP contribution in [0.4, 0.5) is 0 Å². The van der Waals surface area contributed by atoms with E-state index < -0.39 is 0 Å². The number of aromatic nitrogens is 2. The van der Waals surface area contributed by atoms with Gasteiger partial charge in [0.1, 0.15) is 11.3 Å². The Kier molecular flexibility index (Phi) is 3.74. The topological polar surface area (TPSA) is 55.0 Å². The van der Waals surface area contributed by atoms with Crippen LogP contribution < -0.4 is 0 Å². The van der Waals surface area contributed by atoms with Crippen molar-refractivity contribution >= 4 is 29.2 Å². The van der Waals surface area contributed by atoms with Gasteiger partial charge in [-0.25, -0.2) is 9.78 Å². The van der Waals surface area contributed by atoms with E-state index in [-0.39, 0.29) is 5.97 Å². The van der Waals surface area contributed by atoms with E-state index in [1.54, 1.807) is 12.1 Å². The molecule has 4 heteroatoms. The van der Waals surface area contributed by atoms with Gasteiger partial charge >= 0.3 is 5.97 Å². The van der Waals surface area contributed by atoms with E-state index in [4.69, 9.17) is 4.74 Å². The Hall–Kier alpha value is -2.88. The number of para-hydroxylation sites is 1. The van der Waals surface area contributed by atoms with Crippen molar-refractivity contribution in [2.75, 3.05) is 7.11 Å². The molecule has 3 rings (SSSR count). The third kappa shape index (κ3) is 2.76. The summed E-state index contributed by atoms with van der Waals surface area (Å²) in [5, 5.41) is 0. The average molecular weight is 292 g/mol. The summed E-state index contributed by atoms with van der Waals surface area (Å²) in [6.07, 6.45) is 3.88. The highest BCUT2D eigenvalue weighted by molar-refractivity contribution is 6.02. The molecule has 0 spiro atoms. The predicted molar refractivity (Wildman–Crippen MR) is 87.5 cm³/mol. The summed E-state index contributed by atoms with van der Waals surface area (Å²) in [5.74, 6) is 0.318. The second kappa shape index (κ2) is 5.85. The zero-order valence-electron chi connectivity index (χ0n) is 12.5. The quantitative estimate of drug-likeness (QED) is 0.746. The number of methoxy groups -OCH3 is 1. The van der Waals surface area contributed by atoms with Crippen LogP contribution in [0, 0.1) is 6.92 Å². The molecule has 0 aliphatic rings. The summed E-state index contributed by atoms with van der Waals surface area (Å²) in [4.78, 5) is 19.4. The highest BCUT2D eigenvalue weighted by Crippen LogP contribution is 2.18. The molecule has 1 aromatic heterocycles. The first-order chi connectivity index (χ1) is 10.7. The lowest BCUT2D eigenvalue weighted by atomic mass is 10.1. The molecule has 0 saturated heterocycles. The number of carbonyl (C=O) groups excluding carboxylic acids is 1. The Morgan fingerprint density at radius 2 is 1.91 bits per heavy atom. The van der Waals surface area contributed by atoms with Gasteiger partial charge in [-0.2, -0.15) is 0 Å². The molecule has 0 saturated carbocycles. The SMILES string of the molecule is COC(=O)c1cccc2[nH]c(C=Cc3ccc(C)cc3)nc12. The number of fused-ring (bicyclic) bond motifs is 1. The number of imidazole rings is 1. The molecule has 0 radical (unpaired) electrons. The van der Waals surface area contributed by atoms with Crippen molar-refractivity contribution in [3.63, 3.8) is 0 Å². The van der Waals surface area contributed by atoms with Crippen molar-refractivity contribution in [2.45, 2.75) is 6.92 Å². The molecule has 0 unspecified atom stereocenters. The second-order valence-electron chi connectivity index (χ2n) is 5.06. The fourth-order valence-electron chi connectivity index (χ4n) is 2.26. The van der Waals surface area contributed by atoms with Crippen LogP contribution in [0.1, 0.15) is 27.3 Å². The molecular formula is C18H16N2O2. The van der Waals surface area contributed by atoms with Gasteiger partial charge in [-0.05, 0) is 30.7 Å². The standard InChI is InChI=1S/C18H16N2O2/c1-12-6-8-13(9-7-12)10-11-16-19-15-5-3-4-14(17(15)20-16)18(21)22-2/h3-11H,1-2H3,(H,19,20). The number of benzene rings is 2. The summed E-state index contributed by atoms with van der Waals surface area (Å²) in [5.41, 5.74) is 4.22. The van der Waals surface area contributed by atoms with E-state index in [0.29, 0.717) is 16.9 Å². The number of hydrogen-bond acceptors (Lipinski definition) is 3. The maximum Gasteiger partial charge on any atom is 0.340 e. The monoisotopic (exact) mass is 292 g/mol. The Labute approximate surface area is 128 Å². The molecule has 0 fully saturated rings. The zero-order valence-corrected chi connectivity index (χ0v) is 12.5. The number of hydrogen-bond donors (Lipinski definition) is 1. The van der Waals surface area contributed by atoms with Gasteiger partial charge in [0.25, 0.3) is 0 Å². The summed E-state index contributed by atoms with van der Waals surface area (Å²) >= 11 is 0. The van der Waals surface area contributed by atoms with Gasteiger partial charge in [0.05, 0.1) is 18.2 Å². The normalized spacial score (nSPS) is 11.2. The van der Waals surface area contributed by atoms with E-state index >= 15 is 0 Å². The zero-order chi connectivity index (χ0) is 15.5. The Balaban J connectivity index is 1.95. The van der Waals surface area contributed by atoms with E-state index in [2.05, 4.69) is 29.0 Å². The molecule has 0 bridgehead atoms. The fourth-order valence-corrected chi connectivity index (χ4v) is 2.26. The predicted octanol–water partition coefficient (Wildman–Crippen LogP) is 3.83. The van der Waals surface area contributed by atoms with Gasteiger partial charge in [-0.3, -0.25) is 0 Å². The number of nitrogens with one attached hydrogen (secondary N) is 1. The van der Waals surface area contributed by atoms with Crippen LogP contribution in [-0.4, -0.2) is 23.0 Å². The van der Waals surface area contributed by atoms with Gasteiger partial charge < -0.3 is 9.72 Å². The lowest BCUT2D eigenvalue weighted by Crippen LogP contribution is -2.01. The number of rotatable bonds is 3. The molecule has 4 nitrogen and oxygen atoms in total. The minimum absolute atomic E-state index is 0.383. The molecule has 3 aromatic rings. The van der Waals surface area contributed by atoms with Crippen LogP contribution >= 0.6 is 0 Å². The van der Waals surface area contributed by atoms with Crippen LogP contribution in [0.25, 0.3) is 23.2 Å². The number of esters is 1. The summed E-state index contributed by atoms with van der Waals surface area (Å²) in [6.45, 7) is 2.06. The molecule has 0 aliphatic heterocycles. The van der Waals surface area contributed by atoms with Gasteiger partial charge in [0.15, 0.2) is 0 Å². The fraction of sp³-hybridized carbons (Fsp3) is 0.111. The average Bonchev–Trinajstić information content (AvgIpc) is 2.96.